The summed E-state index contributed by atoms with van der Waals surface area (Å²) in [5.74, 6) is 1.97. The van der Waals surface area contributed by atoms with Crippen molar-refractivity contribution < 1.29 is 24.1 Å². The van der Waals surface area contributed by atoms with Gasteiger partial charge in [0.05, 0.1) is 6.61 Å². The van der Waals surface area contributed by atoms with Crippen LogP contribution < -0.4 is 9.47 Å². The smallest absolute Gasteiger partial charge is 0.333 e. The fraction of sp³-hybridized carbons (Fsp3) is 0.345. The second-order valence-electron chi connectivity index (χ2n) is 8.58. The van der Waals surface area contributed by atoms with E-state index < -0.39 is 12.1 Å². The summed E-state index contributed by atoms with van der Waals surface area (Å²) in [6, 6.07) is 24.2. The highest BCUT2D eigenvalue weighted by Gasteiger charge is 2.26. The molecule has 1 heterocycles. The Balaban J connectivity index is 1.34. The van der Waals surface area contributed by atoms with Crippen molar-refractivity contribution in [2.75, 3.05) is 13.2 Å². The van der Waals surface area contributed by atoms with E-state index in [9.17, 15) is 9.90 Å². The van der Waals surface area contributed by atoms with E-state index in [2.05, 4.69) is 24.3 Å². The maximum absolute atomic E-state index is 11.6. The molecular formula is C29H32O5. The van der Waals surface area contributed by atoms with E-state index in [4.69, 9.17) is 14.2 Å². The number of para-hydroxylation sites is 3. The van der Waals surface area contributed by atoms with Crippen LogP contribution >= 0.6 is 0 Å². The van der Waals surface area contributed by atoms with Crippen molar-refractivity contribution in [2.24, 2.45) is 0 Å². The third-order valence-electron chi connectivity index (χ3n) is 6.13. The highest BCUT2D eigenvalue weighted by Crippen LogP contribution is 2.45. The average molecular weight is 461 g/mol. The van der Waals surface area contributed by atoms with E-state index in [-0.39, 0.29) is 0 Å². The van der Waals surface area contributed by atoms with Gasteiger partial charge in [0.2, 0.25) is 0 Å². The summed E-state index contributed by atoms with van der Waals surface area (Å²) in [6.07, 6.45) is 3.13. The van der Waals surface area contributed by atoms with Crippen molar-refractivity contribution >= 4 is 5.97 Å². The summed E-state index contributed by atoms with van der Waals surface area (Å²) in [5, 5.41) is 9.49. The largest absolute Gasteiger partial charge is 0.493 e. The lowest BCUT2D eigenvalue weighted by molar-refractivity contribution is -0.150. The van der Waals surface area contributed by atoms with Gasteiger partial charge in [-0.15, -0.1) is 0 Å². The number of aliphatic carboxylic acids is 1. The molecular weight excluding hydrogens is 428 g/mol. The van der Waals surface area contributed by atoms with Gasteiger partial charge in [0.15, 0.2) is 6.10 Å². The standard InChI is InChI=1S/C29H32O5/c1-2-18-32-28(29(30)31)20-21-11-3-6-15-25(21)33-19-10-9-12-22-23-13-4-7-16-26(23)34-27-17-8-5-14-24(22)27/h3-8,11,13-17,22,28H,2,9-10,12,18-20H2,1H3,(H,30,31). The van der Waals surface area contributed by atoms with Crippen LogP contribution in [0.1, 0.15) is 55.2 Å². The first-order valence-corrected chi connectivity index (χ1v) is 12.1. The van der Waals surface area contributed by atoms with Gasteiger partial charge in [-0.05, 0) is 49.4 Å². The maximum Gasteiger partial charge on any atom is 0.333 e. The molecule has 0 aromatic heterocycles. The van der Waals surface area contributed by atoms with E-state index in [1.165, 1.54) is 11.1 Å². The Hall–Kier alpha value is -3.31. The van der Waals surface area contributed by atoms with Gasteiger partial charge in [-0.25, -0.2) is 4.79 Å². The van der Waals surface area contributed by atoms with Crippen LogP contribution in [0.15, 0.2) is 72.8 Å². The van der Waals surface area contributed by atoms with Crippen LogP contribution in [0, 0.1) is 0 Å². The molecule has 5 heteroatoms. The third kappa shape index (κ3) is 5.78. The lowest BCUT2D eigenvalue weighted by Gasteiger charge is -2.28. The molecule has 1 atom stereocenters. The molecule has 0 spiro atoms. The number of carbonyl (C=O) groups is 1. The quantitative estimate of drug-likeness (QED) is 0.309. The number of hydrogen-bond acceptors (Lipinski definition) is 4. The highest BCUT2D eigenvalue weighted by molar-refractivity contribution is 5.73. The predicted octanol–water partition coefficient (Wildman–Crippen LogP) is 6.60. The van der Waals surface area contributed by atoms with Gasteiger partial charge in [0.1, 0.15) is 17.2 Å². The van der Waals surface area contributed by atoms with Crippen LogP contribution in [0.3, 0.4) is 0 Å². The molecule has 0 radical (unpaired) electrons. The molecule has 1 aliphatic heterocycles. The third-order valence-corrected chi connectivity index (χ3v) is 6.13. The van der Waals surface area contributed by atoms with Gasteiger partial charge in [-0.3, -0.25) is 0 Å². The molecule has 1 unspecified atom stereocenters. The number of carboxylic acids is 1. The van der Waals surface area contributed by atoms with Crippen molar-refractivity contribution in [1.82, 2.24) is 0 Å². The van der Waals surface area contributed by atoms with Gasteiger partial charge in [-0.1, -0.05) is 61.5 Å². The molecule has 3 aromatic rings. The molecule has 4 rings (SSSR count). The molecule has 0 amide bonds. The first-order valence-electron chi connectivity index (χ1n) is 12.1. The SMILES string of the molecule is CCCOC(Cc1ccccc1OCCCCC1c2ccccc2Oc2ccccc21)C(=O)O. The summed E-state index contributed by atoms with van der Waals surface area (Å²) in [7, 11) is 0. The minimum absolute atomic E-state index is 0.293. The molecule has 1 aliphatic rings. The molecule has 3 aromatic carbocycles. The molecule has 0 bridgehead atoms. The zero-order valence-corrected chi connectivity index (χ0v) is 19.6. The molecule has 34 heavy (non-hydrogen) atoms. The Kier molecular flexibility index (Phi) is 8.21. The van der Waals surface area contributed by atoms with Crippen LogP contribution in [0.4, 0.5) is 0 Å². The van der Waals surface area contributed by atoms with Gasteiger partial charge in [0.25, 0.3) is 0 Å². The molecule has 0 saturated carbocycles. The number of carboxylic acid groups (broad SMARTS) is 1. The monoisotopic (exact) mass is 460 g/mol. The van der Waals surface area contributed by atoms with Crippen molar-refractivity contribution in [2.45, 2.75) is 51.0 Å². The second kappa shape index (κ2) is 11.7. The lowest BCUT2D eigenvalue weighted by Crippen LogP contribution is -2.27. The van der Waals surface area contributed by atoms with Gasteiger partial charge in [-0.2, -0.15) is 0 Å². The summed E-state index contributed by atoms with van der Waals surface area (Å²) in [6.45, 7) is 2.98. The predicted molar refractivity (Wildman–Crippen MR) is 132 cm³/mol. The van der Waals surface area contributed by atoms with Gasteiger partial charge in [0, 0.05) is 30.1 Å². The van der Waals surface area contributed by atoms with Crippen molar-refractivity contribution in [3.63, 3.8) is 0 Å². The fourth-order valence-corrected chi connectivity index (χ4v) is 4.44. The van der Waals surface area contributed by atoms with Crippen molar-refractivity contribution in [3.05, 3.63) is 89.5 Å². The Labute approximate surface area is 201 Å². The van der Waals surface area contributed by atoms with E-state index in [0.717, 1.165) is 48.5 Å². The minimum atomic E-state index is -0.944. The van der Waals surface area contributed by atoms with E-state index in [1.807, 2.05) is 55.5 Å². The summed E-state index contributed by atoms with van der Waals surface area (Å²) in [5.41, 5.74) is 3.33. The van der Waals surface area contributed by atoms with Crippen molar-refractivity contribution in [1.29, 1.82) is 0 Å². The summed E-state index contributed by atoms with van der Waals surface area (Å²) < 4.78 is 17.7. The molecule has 0 saturated heterocycles. The number of benzene rings is 3. The summed E-state index contributed by atoms with van der Waals surface area (Å²) >= 11 is 0. The lowest BCUT2D eigenvalue weighted by atomic mass is 9.84. The zero-order chi connectivity index (χ0) is 23.8. The minimum Gasteiger partial charge on any atom is -0.493 e. The zero-order valence-electron chi connectivity index (χ0n) is 19.6. The van der Waals surface area contributed by atoms with Crippen LogP contribution in [0.25, 0.3) is 0 Å². The van der Waals surface area contributed by atoms with E-state index >= 15 is 0 Å². The topological polar surface area (TPSA) is 65.0 Å². The Morgan fingerprint density at radius 2 is 1.56 bits per heavy atom. The maximum atomic E-state index is 11.6. The number of hydrogen-bond donors (Lipinski definition) is 1. The fourth-order valence-electron chi connectivity index (χ4n) is 4.44. The van der Waals surface area contributed by atoms with Crippen LogP contribution in [-0.2, 0) is 16.0 Å². The molecule has 0 fully saturated rings. The van der Waals surface area contributed by atoms with Crippen LogP contribution in [0.2, 0.25) is 0 Å². The normalized spacial score (nSPS) is 13.4. The van der Waals surface area contributed by atoms with Crippen molar-refractivity contribution in [3.8, 4) is 17.2 Å². The van der Waals surface area contributed by atoms with E-state index in [0.29, 0.717) is 25.6 Å². The Morgan fingerprint density at radius 3 is 2.24 bits per heavy atom. The van der Waals surface area contributed by atoms with Gasteiger partial charge < -0.3 is 19.3 Å². The molecule has 178 valence electrons. The Bertz CT molecular complexity index is 1050. The average Bonchev–Trinajstić information content (AvgIpc) is 2.86. The number of rotatable bonds is 12. The molecule has 0 aliphatic carbocycles. The number of fused-ring (bicyclic) bond motifs is 2. The van der Waals surface area contributed by atoms with Crippen LogP contribution in [0.5, 0.6) is 17.2 Å². The number of unbranched alkanes of at least 4 members (excludes halogenated alkanes) is 1. The van der Waals surface area contributed by atoms with Crippen LogP contribution in [-0.4, -0.2) is 30.4 Å². The number of ether oxygens (including phenoxy) is 3. The highest BCUT2D eigenvalue weighted by atomic mass is 16.5. The molecule has 5 nitrogen and oxygen atoms in total. The Morgan fingerprint density at radius 1 is 0.912 bits per heavy atom. The first-order chi connectivity index (χ1) is 16.7. The molecule has 1 N–H and O–H groups in total. The summed E-state index contributed by atoms with van der Waals surface area (Å²) in [4.78, 5) is 11.6. The van der Waals surface area contributed by atoms with E-state index in [1.54, 1.807) is 0 Å². The second-order valence-corrected chi connectivity index (χ2v) is 8.58. The van der Waals surface area contributed by atoms with Gasteiger partial charge >= 0.3 is 5.97 Å². The first kappa shape index (κ1) is 23.8.